The van der Waals surface area contributed by atoms with E-state index in [-0.39, 0.29) is 5.91 Å². The minimum absolute atomic E-state index is 0.0516. The Kier molecular flexibility index (Phi) is 15.8. The molecule has 1 aromatic carbocycles. The predicted molar refractivity (Wildman–Crippen MR) is 125 cm³/mol. The van der Waals surface area contributed by atoms with Crippen LogP contribution in [0.1, 0.15) is 89.5 Å². The monoisotopic (exact) mass is 420 g/mol. The molecular formula is C25H44N2O3. The summed E-state index contributed by atoms with van der Waals surface area (Å²) < 4.78 is 10.9. The van der Waals surface area contributed by atoms with E-state index in [0.29, 0.717) is 31.1 Å². The Labute approximate surface area is 184 Å². The average molecular weight is 421 g/mol. The SMILES string of the molecule is CCCCCCCCCCCCCCNC(=O)Cc1ccc(OCCN)c(OC)c1. The number of carbonyl (C=O) groups excluding carboxylic acids is 1. The smallest absolute Gasteiger partial charge is 0.224 e. The van der Waals surface area contributed by atoms with Crippen LogP contribution in [0.3, 0.4) is 0 Å². The van der Waals surface area contributed by atoms with Crippen molar-refractivity contribution in [3.63, 3.8) is 0 Å². The summed E-state index contributed by atoms with van der Waals surface area (Å²) in [6.45, 7) is 3.91. The van der Waals surface area contributed by atoms with Gasteiger partial charge in [0.2, 0.25) is 5.91 Å². The van der Waals surface area contributed by atoms with E-state index in [9.17, 15) is 4.79 Å². The largest absolute Gasteiger partial charge is 0.493 e. The first-order chi connectivity index (χ1) is 14.7. The number of unbranched alkanes of at least 4 members (excludes halogenated alkanes) is 11. The van der Waals surface area contributed by atoms with Gasteiger partial charge in [-0.05, 0) is 24.1 Å². The molecule has 0 spiro atoms. The standard InChI is InChI=1S/C25H44N2O3/c1-3-4-5-6-7-8-9-10-11-12-13-14-18-27-25(28)21-22-15-16-23(30-19-17-26)24(20-22)29-2/h15-16,20H,3-14,17-19,21,26H2,1-2H3,(H,27,28). The third-order valence-electron chi connectivity index (χ3n) is 5.32. The molecule has 0 saturated heterocycles. The fourth-order valence-corrected chi connectivity index (χ4v) is 3.55. The third kappa shape index (κ3) is 12.7. The Morgan fingerprint density at radius 2 is 1.50 bits per heavy atom. The molecule has 1 amide bonds. The van der Waals surface area contributed by atoms with Gasteiger partial charge in [-0.1, -0.05) is 83.6 Å². The highest BCUT2D eigenvalue weighted by Crippen LogP contribution is 2.28. The number of carbonyl (C=O) groups is 1. The van der Waals surface area contributed by atoms with Crippen molar-refractivity contribution in [1.29, 1.82) is 0 Å². The van der Waals surface area contributed by atoms with Gasteiger partial charge in [0, 0.05) is 13.1 Å². The van der Waals surface area contributed by atoms with Crippen LogP contribution >= 0.6 is 0 Å². The lowest BCUT2D eigenvalue weighted by Gasteiger charge is -2.12. The molecule has 1 aromatic rings. The minimum atomic E-state index is 0.0516. The van der Waals surface area contributed by atoms with Gasteiger partial charge in [-0.2, -0.15) is 0 Å². The van der Waals surface area contributed by atoms with E-state index in [0.717, 1.165) is 18.5 Å². The van der Waals surface area contributed by atoms with Gasteiger partial charge in [-0.25, -0.2) is 0 Å². The van der Waals surface area contributed by atoms with Crippen LogP contribution in [0.15, 0.2) is 18.2 Å². The molecular weight excluding hydrogens is 376 g/mol. The van der Waals surface area contributed by atoms with E-state index < -0.39 is 0 Å². The van der Waals surface area contributed by atoms with Crippen LogP contribution in [-0.2, 0) is 11.2 Å². The molecule has 30 heavy (non-hydrogen) atoms. The van der Waals surface area contributed by atoms with Crippen LogP contribution in [0.25, 0.3) is 0 Å². The van der Waals surface area contributed by atoms with Crippen molar-refractivity contribution in [2.75, 3.05) is 26.8 Å². The van der Waals surface area contributed by atoms with Crippen molar-refractivity contribution in [1.82, 2.24) is 5.32 Å². The zero-order chi connectivity index (χ0) is 21.9. The van der Waals surface area contributed by atoms with Gasteiger partial charge < -0.3 is 20.5 Å². The normalized spacial score (nSPS) is 10.8. The molecule has 0 bridgehead atoms. The zero-order valence-corrected chi connectivity index (χ0v) is 19.3. The maximum absolute atomic E-state index is 12.2. The molecule has 0 heterocycles. The summed E-state index contributed by atoms with van der Waals surface area (Å²) >= 11 is 0. The maximum atomic E-state index is 12.2. The van der Waals surface area contributed by atoms with E-state index in [1.165, 1.54) is 70.6 Å². The van der Waals surface area contributed by atoms with Crippen molar-refractivity contribution >= 4 is 5.91 Å². The number of hydrogen-bond acceptors (Lipinski definition) is 4. The predicted octanol–water partition coefficient (Wildman–Crippen LogP) is 5.39. The second-order valence-corrected chi connectivity index (χ2v) is 8.04. The molecule has 3 N–H and O–H groups in total. The molecule has 172 valence electrons. The van der Waals surface area contributed by atoms with Crippen LogP contribution in [0.5, 0.6) is 11.5 Å². The minimum Gasteiger partial charge on any atom is -0.493 e. The lowest BCUT2D eigenvalue weighted by molar-refractivity contribution is -0.120. The highest BCUT2D eigenvalue weighted by atomic mass is 16.5. The molecule has 0 aliphatic rings. The van der Waals surface area contributed by atoms with Gasteiger partial charge in [0.05, 0.1) is 13.5 Å². The van der Waals surface area contributed by atoms with Gasteiger partial charge in [0.1, 0.15) is 6.61 Å². The number of nitrogens with two attached hydrogens (primary N) is 1. The summed E-state index contributed by atoms with van der Waals surface area (Å²) in [4.78, 5) is 12.2. The van der Waals surface area contributed by atoms with Crippen molar-refractivity contribution in [3.05, 3.63) is 23.8 Å². The van der Waals surface area contributed by atoms with E-state index in [4.69, 9.17) is 15.2 Å². The summed E-state index contributed by atoms with van der Waals surface area (Å²) in [6, 6.07) is 5.59. The molecule has 0 radical (unpaired) electrons. The van der Waals surface area contributed by atoms with Crippen LogP contribution in [-0.4, -0.2) is 32.7 Å². The quantitative estimate of drug-likeness (QED) is 0.294. The number of rotatable bonds is 19. The number of methoxy groups -OCH3 is 1. The molecule has 0 atom stereocenters. The molecule has 0 unspecified atom stereocenters. The Morgan fingerprint density at radius 3 is 2.07 bits per heavy atom. The second-order valence-electron chi connectivity index (χ2n) is 8.04. The molecule has 1 rings (SSSR count). The van der Waals surface area contributed by atoms with Gasteiger partial charge in [-0.15, -0.1) is 0 Å². The first-order valence-electron chi connectivity index (χ1n) is 12.0. The Morgan fingerprint density at radius 1 is 0.900 bits per heavy atom. The molecule has 0 aliphatic carbocycles. The van der Waals surface area contributed by atoms with Gasteiger partial charge in [0.25, 0.3) is 0 Å². The Balaban J connectivity index is 2.06. The van der Waals surface area contributed by atoms with Crippen LogP contribution in [0.4, 0.5) is 0 Å². The fourth-order valence-electron chi connectivity index (χ4n) is 3.55. The van der Waals surface area contributed by atoms with Crippen molar-refractivity contribution in [2.45, 2.75) is 90.4 Å². The van der Waals surface area contributed by atoms with Crippen LogP contribution < -0.4 is 20.5 Å². The highest BCUT2D eigenvalue weighted by Gasteiger charge is 2.09. The van der Waals surface area contributed by atoms with Gasteiger partial charge in [-0.3, -0.25) is 4.79 Å². The molecule has 0 fully saturated rings. The van der Waals surface area contributed by atoms with Crippen LogP contribution in [0.2, 0.25) is 0 Å². The highest BCUT2D eigenvalue weighted by molar-refractivity contribution is 5.78. The van der Waals surface area contributed by atoms with Crippen molar-refractivity contribution in [2.24, 2.45) is 5.73 Å². The lowest BCUT2D eigenvalue weighted by atomic mass is 10.1. The summed E-state index contributed by atoms with van der Waals surface area (Å²) in [6.07, 6.45) is 16.3. The molecule has 5 heteroatoms. The average Bonchev–Trinajstić information content (AvgIpc) is 2.76. The fraction of sp³-hybridized carbons (Fsp3) is 0.720. The summed E-state index contributed by atoms with van der Waals surface area (Å²) in [5.41, 5.74) is 6.38. The van der Waals surface area contributed by atoms with Crippen LogP contribution in [0, 0.1) is 0 Å². The summed E-state index contributed by atoms with van der Waals surface area (Å²) in [7, 11) is 1.60. The molecule has 5 nitrogen and oxygen atoms in total. The van der Waals surface area contributed by atoms with E-state index >= 15 is 0 Å². The lowest BCUT2D eigenvalue weighted by Crippen LogP contribution is -2.26. The second kappa shape index (κ2) is 18.1. The molecule has 0 saturated carbocycles. The number of amides is 1. The zero-order valence-electron chi connectivity index (χ0n) is 19.3. The molecule has 0 aliphatic heterocycles. The van der Waals surface area contributed by atoms with Gasteiger partial charge in [0.15, 0.2) is 11.5 Å². The van der Waals surface area contributed by atoms with E-state index in [2.05, 4.69) is 12.2 Å². The number of ether oxygens (including phenoxy) is 2. The Bertz CT molecular complexity index is 563. The van der Waals surface area contributed by atoms with Crippen molar-refractivity contribution in [3.8, 4) is 11.5 Å². The summed E-state index contributed by atoms with van der Waals surface area (Å²) in [5, 5.41) is 3.03. The van der Waals surface area contributed by atoms with Crippen molar-refractivity contribution < 1.29 is 14.3 Å². The number of hydrogen-bond donors (Lipinski definition) is 2. The Hall–Kier alpha value is -1.75. The maximum Gasteiger partial charge on any atom is 0.224 e. The first kappa shape index (κ1) is 26.3. The summed E-state index contributed by atoms with van der Waals surface area (Å²) in [5.74, 6) is 1.34. The molecule has 0 aromatic heterocycles. The third-order valence-corrected chi connectivity index (χ3v) is 5.32. The van der Waals surface area contributed by atoms with Gasteiger partial charge >= 0.3 is 0 Å². The number of benzene rings is 1. The topological polar surface area (TPSA) is 73.6 Å². The number of nitrogens with one attached hydrogen (secondary N) is 1. The first-order valence-corrected chi connectivity index (χ1v) is 12.0. The van der Waals surface area contributed by atoms with E-state index in [1.807, 2.05) is 18.2 Å². The van der Waals surface area contributed by atoms with E-state index in [1.54, 1.807) is 7.11 Å².